The predicted octanol–water partition coefficient (Wildman–Crippen LogP) is 2.74. The normalized spacial score (nSPS) is 11.0. The van der Waals surface area contributed by atoms with Crippen LogP contribution in [0, 0.1) is 0 Å². The van der Waals surface area contributed by atoms with E-state index < -0.39 is 24.5 Å². The molecule has 2 rings (SSSR count). The summed E-state index contributed by atoms with van der Waals surface area (Å²) >= 11 is 2.90. The van der Waals surface area contributed by atoms with Gasteiger partial charge in [0.15, 0.2) is 6.61 Å². The number of imide groups is 1. The van der Waals surface area contributed by atoms with Crippen molar-refractivity contribution in [2.45, 2.75) is 6.92 Å². The van der Waals surface area contributed by atoms with E-state index in [1.165, 1.54) is 22.7 Å². The van der Waals surface area contributed by atoms with Crippen LogP contribution >= 0.6 is 22.7 Å². The van der Waals surface area contributed by atoms with E-state index in [0.29, 0.717) is 12.1 Å². The Morgan fingerprint density at radius 1 is 1.17 bits per heavy atom. The average Bonchev–Trinajstić information content (AvgIpc) is 3.23. The maximum absolute atomic E-state index is 12.3. The largest absolute Gasteiger partial charge is 0.452 e. The van der Waals surface area contributed by atoms with Crippen molar-refractivity contribution in [3.63, 3.8) is 0 Å². The van der Waals surface area contributed by atoms with Crippen LogP contribution in [0.4, 0.5) is 4.79 Å². The van der Waals surface area contributed by atoms with Crippen LogP contribution in [0.5, 0.6) is 0 Å². The summed E-state index contributed by atoms with van der Waals surface area (Å²) in [6, 6.07) is 6.78. The Balaban J connectivity index is 2.01. The summed E-state index contributed by atoms with van der Waals surface area (Å²) in [6.45, 7) is 1.60. The molecule has 8 heteroatoms. The van der Waals surface area contributed by atoms with Crippen LogP contribution in [0.15, 0.2) is 35.0 Å². The van der Waals surface area contributed by atoms with Gasteiger partial charge in [0.1, 0.15) is 0 Å². The molecule has 0 spiro atoms. The fraction of sp³-hybridized carbons (Fsp3) is 0.188. The number of amides is 3. The molecule has 2 aromatic rings. The Morgan fingerprint density at radius 3 is 2.54 bits per heavy atom. The highest BCUT2D eigenvalue weighted by atomic mass is 32.1. The zero-order valence-electron chi connectivity index (χ0n) is 12.9. The zero-order valence-corrected chi connectivity index (χ0v) is 14.5. The van der Waals surface area contributed by atoms with Gasteiger partial charge < -0.3 is 10.1 Å². The van der Waals surface area contributed by atoms with Gasteiger partial charge in [-0.3, -0.25) is 10.1 Å². The second-order valence-corrected chi connectivity index (χ2v) is 6.46. The minimum absolute atomic E-state index is 0.373. The Labute approximate surface area is 147 Å². The maximum atomic E-state index is 12.3. The summed E-state index contributed by atoms with van der Waals surface area (Å²) in [4.78, 5) is 36.8. The highest BCUT2D eigenvalue weighted by molar-refractivity contribution is 7.12. The molecule has 0 radical (unpaired) electrons. The number of urea groups is 1. The van der Waals surface area contributed by atoms with Gasteiger partial charge in [-0.2, -0.15) is 0 Å². The number of hydrogen-bond acceptors (Lipinski definition) is 6. The first-order valence-electron chi connectivity index (χ1n) is 7.14. The molecule has 0 saturated heterocycles. The molecular weight excluding hydrogens is 348 g/mol. The fourth-order valence-electron chi connectivity index (χ4n) is 1.75. The molecular formula is C16H16N2O4S2. The molecule has 126 valence electrons. The third-order valence-corrected chi connectivity index (χ3v) is 4.48. The monoisotopic (exact) mass is 364 g/mol. The molecule has 6 nitrogen and oxygen atoms in total. The molecule has 0 bridgehead atoms. The maximum Gasteiger partial charge on any atom is 0.340 e. The summed E-state index contributed by atoms with van der Waals surface area (Å²) in [5, 5.41) is 8.25. The first-order chi connectivity index (χ1) is 11.6. The second kappa shape index (κ2) is 8.99. The first kappa shape index (κ1) is 17.9. The summed E-state index contributed by atoms with van der Waals surface area (Å²) < 4.78 is 5.03. The van der Waals surface area contributed by atoms with Gasteiger partial charge in [0.05, 0.1) is 5.57 Å². The van der Waals surface area contributed by atoms with Gasteiger partial charge in [-0.05, 0) is 35.9 Å². The number of rotatable bonds is 6. The summed E-state index contributed by atoms with van der Waals surface area (Å²) in [6.07, 6.45) is 1.72. The lowest BCUT2D eigenvalue weighted by molar-refractivity contribution is -0.142. The average molecular weight is 364 g/mol. The molecule has 2 heterocycles. The number of hydrogen-bond donors (Lipinski definition) is 2. The van der Waals surface area contributed by atoms with Gasteiger partial charge >= 0.3 is 12.0 Å². The van der Waals surface area contributed by atoms with Crippen molar-refractivity contribution in [1.29, 1.82) is 0 Å². The van der Waals surface area contributed by atoms with E-state index in [4.69, 9.17) is 4.74 Å². The minimum Gasteiger partial charge on any atom is -0.452 e. The van der Waals surface area contributed by atoms with Gasteiger partial charge in [-0.25, -0.2) is 9.59 Å². The van der Waals surface area contributed by atoms with Gasteiger partial charge in [-0.1, -0.05) is 12.1 Å². The van der Waals surface area contributed by atoms with E-state index in [9.17, 15) is 14.4 Å². The van der Waals surface area contributed by atoms with Crippen molar-refractivity contribution >= 4 is 52.2 Å². The van der Waals surface area contributed by atoms with Gasteiger partial charge in [0.2, 0.25) is 0 Å². The molecule has 0 aromatic carbocycles. The molecule has 2 N–H and O–H groups in total. The van der Waals surface area contributed by atoms with Crippen LogP contribution in [0.3, 0.4) is 0 Å². The molecule has 2 aromatic heterocycles. The smallest absolute Gasteiger partial charge is 0.340 e. The third kappa shape index (κ3) is 5.32. The summed E-state index contributed by atoms with van der Waals surface area (Å²) in [7, 11) is 0. The van der Waals surface area contributed by atoms with Crippen LogP contribution in [0.1, 0.15) is 16.7 Å². The lowest BCUT2D eigenvalue weighted by Gasteiger charge is -2.08. The number of thiophene rings is 2. The molecule has 0 fully saturated rings. The van der Waals surface area contributed by atoms with E-state index in [0.717, 1.165) is 9.75 Å². The Kier molecular flexibility index (Phi) is 6.71. The summed E-state index contributed by atoms with van der Waals surface area (Å²) in [5.41, 5.74) is 0.373. The number of nitrogens with one attached hydrogen (secondary N) is 2. The highest BCUT2D eigenvalue weighted by Gasteiger charge is 2.17. The third-order valence-electron chi connectivity index (χ3n) is 2.76. The van der Waals surface area contributed by atoms with E-state index in [1.54, 1.807) is 19.1 Å². The fourth-order valence-corrected chi connectivity index (χ4v) is 3.14. The number of carbonyl (C=O) groups is 3. The van der Waals surface area contributed by atoms with Crippen molar-refractivity contribution in [1.82, 2.24) is 10.6 Å². The first-order valence-corrected chi connectivity index (χ1v) is 8.90. The van der Waals surface area contributed by atoms with Crippen molar-refractivity contribution < 1.29 is 19.1 Å². The Bertz CT molecular complexity index is 721. The molecule has 0 aliphatic heterocycles. The minimum atomic E-state index is -0.684. The zero-order chi connectivity index (χ0) is 17.4. The van der Waals surface area contributed by atoms with Gasteiger partial charge in [0, 0.05) is 16.3 Å². The number of carbonyl (C=O) groups excluding carboxylic acids is 3. The topological polar surface area (TPSA) is 84.5 Å². The molecule has 3 amide bonds. The van der Waals surface area contributed by atoms with Crippen molar-refractivity contribution in [2.75, 3.05) is 13.2 Å². The Morgan fingerprint density at radius 2 is 1.92 bits per heavy atom. The predicted molar refractivity (Wildman–Crippen MR) is 94.7 cm³/mol. The van der Waals surface area contributed by atoms with E-state index in [-0.39, 0.29) is 0 Å². The van der Waals surface area contributed by atoms with Crippen molar-refractivity contribution in [2.24, 2.45) is 0 Å². The molecule has 0 atom stereocenters. The number of esters is 1. The lowest BCUT2D eigenvalue weighted by atomic mass is 10.2. The van der Waals surface area contributed by atoms with E-state index in [2.05, 4.69) is 10.6 Å². The molecule has 24 heavy (non-hydrogen) atoms. The van der Waals surface area contributed by atoms with Gasteiger partial charge in [-0.15, -0.1) is 22.7 Å². The SMILES string of the molecule is CCNC(=O)NC(=O)COC(=O)/C(=C/c1cccs1)c1cccs1. The van der Waals surface area contributed by atoms with Crippen LogP contribution in [0.2, 0.25) is 0 Å². The van der Waals surface area contributed by atoms with Crippen LogP contribution in [-0.2, 0) is 14.3 Å². The van der Waals surface area contributed by atoms with E-state index >= 15 is 0 Å². The number of ether oxygens (including phenoxy) is 1. The molecule has 0 unspecified atom stereocenters. The molecule has 0 aliphatic rings. The van der Waals surface area contributed by atoms with Crippen molar-refractivity contribution in [3.05, 3.63) is 44.8 Å². The lowest BCUT2D eigenvalue weighted by Crippen LogP contribution is -2.41. The quantitative estimate of drug-likeness (QED) is 0.610. The van der Waals surface area contributed by atoms with Gasteiger partial charge in [0.25, 0.3) is 5.91 Å². The molecule has 0 saturated carbocycles. The highest BCUT2D eigenvalue weighted by Crippen LogP contribution is 2.25. The van der Waals surface area contributed by atoms with Crippen LogP contribution in [0.25, 0.3) is 11.6 Å². The second-order valence-electron chi connectivity index (χ2n) is 4.53. The van der Waals surface area contributed by atoms with Crippen LogP contribution in [-0.4, -0.2) is 31.1 Å². The van der Waals surface area contributed by atoms with Crippen molar-refractivity contribution in [3.8, 4) is 0 Å². The standard InChI is InChI=1S/C16H16N2O4S2/c1-2-17-16(21)18-14(19)10-22-15(20)12(13-6-4-8-24-13)9-11-5-3-7-23-11/h3-9H,2,10H2,1H3,(H2,17,18,19,21)/b12-9+. The molecule has 0 aliphatic carbocycles. The van der Waals surface area contributed by atoms with E-state index in [1.807, 2.05) is 29.0 Å². The van der Waals surface area contributed by atoms with Crippen LogP contribution < -0.4 is 10.6 Å². The Hall–Kier alpha value is -2.45. The summed E-state index contributed by atoms with van der Waals surface area (Å²) in [5.74, 6) is -1.30.